The number of aliphatic hydroxyl groups excluding tert-OH is 2. The van der Waals surface area contributed by atoms with Crippen LogP contribution in [0.1, 0.15) is 91.4 Å². The summed E-state index contributed by atoms with van der Waals surface area (Å²) in [5, 5.41) is 21.0. The number of fused-ring (bicyclic) bond motifs is 5. The maximum atomic E-state index is 12.7. The zero-order chi connectivity index (χ0) is 23.4. The van der Waals surface area contributed by atoms with Crippen LogP contribution in [0.25, 0.3) is 0 Å². The molecule has 0 aromatic carbocycles. The standard InChI is InChI=1S/C28H45NO4/c1-18(4-9-26(32)29-15-12-21(17-30)33-29)23-7-8-24-22-6-5-19-16-20(31)10-13-27(19,2)25(22)11-14-28(23,24)3/h5,18,20-25,30-31H,4,6-17H2,1-3H3/t18-,20+,21-,22+,23-,24+,25+,27+,28-/m1/s1. The molecule has 4 fully saturated rings. The average molecular weight is 460 g/mol. The van der Waals surface area contributed by atoms with Gasteiger partial charge in [-0.15, -0.1) is 0 Å². The summed E-state index contributed by atoms with van der Waals surface area (Å²) in [7, 11) is 0. The third-order valence-electron chi connectivity index (χ3n) is 11.1. The molecule has 0 unspecified atom stereocenters. The van der Waals surface area contributed by atoms with Gasteiger partial charge in [0.2, 0.25) is 5.91 Å². The third-order valence-corrected chi connectivity index (χ3v) is 11.1. The van der Waals surface area contributed by atoms with Gasteiger partial charge in [0.05, 0.1) is 19.3 Å². The Labute approximate surface area is 199 Å². The molecule has 4 aliphatic carbocycles. The highest BCUT2D eigenvalue weighted by Gasteiger charge is 2.59. The second kappa shape index (κ2) is 8.95. The van der Waals surface area contributed by atoms with Crippen molar-refractivity contribution in [2.24, 2.45) is 40.4 Å². The smallest absolute Gasteiger partial charge is 0.246 e. The Balaban J connectivity index is 1.23. The molecule has 186 valence electrons. The molecule has 9 atom stereocenters. The minimum Gasteiger partial charge on any atom is -0.394 e. The second-order valence-electron chi connectivity index (χ2n) is 12.6. The van der Waals surface area contributed by atoms with Crippen LogP contribution in [0.3, 0.4) is 0 Å². The Bertz CT molecular complexity index is 782. The van der Waals surface area contributed by atoms with Crippen molar-refractivity contribution in [2.75, 3.05) is 13.2 Å². The Kier molecular flexibility index (Phi) is 6.46. The van der Waals surface area contributed by atoms with Crippen LogP contribution in [0.15, 0.2) is 11.6 Å². The molecular weight excluding hydrogens is 414 g/mol. The lowest BCUT2D eigenvalue weighted by atomic mass is 9.47. The predicted octanol–water partition coefficient (Wildman–Crippen LogP) is 4.87. The van der Waals surface area contributed by atoms with Crippen LogP contribution in [0.5, 0.6) is 0 Å². The van der Waals surface area contributed by atoms with Crippen molar-refractivity contribution in [3.05, 3.63) is 11.6 Å². The minimum atomic E-state index is -0.213. The third kappa shape index (κ3) is 4.00. The monoisotopic (exact) mass is 459 g/mol. The molecular formula is C28H45NO4. The van der Waals surface area contributed by atoms with Gasteiger partial charge in [-0.25, -0.2) is 5.06 Å². The van der Waals surface area contributed by atoms with Crippen LogP contribution in [0, 0.1) is 40.4 Å². The van der Waals surface area contributed by atoms with Gasteiger partial charge in [-0.1, -0.05) is 32.4 Å². The van der Waals surface area contributed by atoms with Crippen LogP contribution in [0.2, 0.25) is 0 Å². The van der Waals surface area contributed by atoms with Gasteiger partial charge in [0.25, 0.3) is 0 Å². The first-order valence-corrected chi connectivity index (χ1v) is 13.7. The summed E-state index contributed by atoms with van der Waals surface area (Å²) in [6.45, 7) is 8.05. The average Bonchev–Trinajstić information content (AvgIpc) is 3.42. The first-order chi connectivity index (χ1) is 15.8. The molecule has 33 heavy (non-hydrogen) atoms. The fourth-order valence-electron chi connectivity index (χ4n) is 9.15. The van der Waals surface area contributed by atoms with E-state index in [0.717, 1.165) is 49.9 Å². The van der Waals surface area contributed by atoms with Gasteiger partial charge in [0.15, 0.2) is 0 Å². The van der Waals surface area contributed by atoms with E-state index >= 15 is 0 Å². The number of amides is 1. The summed E-state index contributed by atoms with van der Waals surface area (Å²) < 4.78 is 0. The molecule has 0 bridgehead atoms. The molecule has 3 saturated carbocycles. The van der Waals surface area contributed by atoms with Gasteiger partial charge in [-0.3, -0.25) is 9.63 Å². The number of carbonyl (C=O) groups excluding carboxylic acids is 1. The Hall–Kier alpha value is -0.910. The highest BCUT2D eigenvalue weighted by molar-refractivity contribution is 5.75. The number of rotatable bonds is 5. The molecule has 5 rings (SSSR count). The fourth-order valence-corrected chi connectivity index (χ4v) is 9.15. The zero-order valence-corrected chi connectivity index (χ0v) is 21.0. The van der Waals surface area contributed by atoms with Crippen molar-refractivity contribution >= 4 is 5.91 Å². The van der Waals surface area contributed by atoms with E-state index in [2.05, 4.69) is 26.8 Å². The quantitative estimate of drug-likeness (QED) is 0.576. The van der Waals surface area contributed by atoms with Gasteiger partial charge >= 0.3 is 0 Å². The summed E-state index contributed by atoms with van der Waals surface area (Å²) in [6.07, 6.45) is 13.9. The lowest BCUT2D eigenvalue weighted by Gasteiger charge is -2.58. The maximum Gasteiger partial charge on any atom is 0.246 e. The number of allylic oxidation sites excluding steroid dienone is 1. The summed E-state index contributed by atoms with van der Waals surface area (Å²) in [5.41, 5.74) is 2.26. The van der Waals surface area contributed by atoms with Crippen LogP contribution in [-0.4, -0.2) is 46.5 Å². The molecule has 1 amide bonds. The number of carbonyl (C=O) groups is 1. The number of hydroxylamine groups is 2. The molecule has 0 aromatic rings. The van der Waals surface area contributed by atoms with Crippen molar-refractivity contribution in [3.8, 4) is 0 Å². The predicted molar refractivity (Wildman–Crippen MR) is 128 cm³/mol. The molecule has 5 aliphatic rings. The van der Waals surface area contributed by atoms with Crippen molar-refractivity contribution in [2.45, 2.75) is 104 Å². The van der Waals surface area contributed by atoms with E-state index in [1.54, 1.807) is 5.57 Å². The molecule has 1 heterocycles. The van der Waals surface area contributed by atoms with Crippen LogP contribution >= 0.6 is 0 Å². The normalized spacial score (nSPS) is 45.7. The number of aliphatic hydroxyl groups is 2. The highest BCUT2D eigenvalue weighted by Crippen LogP contribution is 2.67. The largest absolute Gasteiger partial charge is 0.394 e. The number of hydrogen-bond acceptors (Lipinski definition) is 4. The second-order valence-corrected chi connectivity index (χ2v) is 12.6. The Morgan fingerprint density at radius 1 is 1.18 bits per heavy atom. The van der Waals surface area contributed by atoms with Gasteiger partial charge in [0.1, 0.15) is 6.10 Å². The highest BCUT2D eigenvalue weighted by atomic mass is 16.7. The fraction of sp³-hybridized carbons (Fsp3) is 0.893. The molecule has 1 aliphatic heterocycles. The van der Waals surface area contributed by atoms with E-state index in [1.165, 1.54) is 37.2 Å². The number of hydrogen-bond donors (Lipinski definition) is 2. The van der Waals surface area contributed by atoms with E-state index in [0.29, 0.717) is 35.6 Å². The van der Waals surface area contributed by atoms with E-state index in [1.807, 2.05) is 0 Å². The van der Waals surface area contributed by atoms with Crippen molar-refractivity contribution in [3.63, 3.8) is 0 Å². The van der Waals surface area contributed by atoms with Crippen LogP contribution < -0.4 is 0 Å². The van der Waals surface area contributed by atoms with Gasteiger partial charge in [-0.2, -0.15) is 0 Å². The van der Waals surface area contributed by atoms with Crippen LogP contribution in [0.4, 0.5) is 0 Å². The van der Waals surface area contributed by atoms with Crippen molar-refractivity contribution in [1.82, 2.24) is 5.06 Å². The molecule has 0 aromatic heterocycles. The van der Waals surface area contributed by atoms with Crippen molar-refractivity contribution < 1.29 is 19.8 Å². The van der Waals surface area contributed by atoms with Crippen LogP contribution in [-0.2, 0) is 9.63 Å². The SMILES string of the molecule is C[C@H](CCC(=O)N1CC[C@H](CO)O1)[C@H]1CC[C@H]2[C@@H]3CC=C4C[C@@H](O)CC[C@]4(C)[C@H]3CC[C@]12C. The zero-order valence-electron chi connectivity index (χ0n) is 21.0. The first kappa shape index (κ1) is 23.8. The summed E-state index contributed by atoms with van der Waals surface area (Å²) in [5.74, 6) is 3.70. The Morgan fingerprint density at radius 2 is 2.00 bits per heavy atom. The van der Waals surface area contributed by atoms with Gasteiger partial charge < -0.3 is 10.2 Å². The molecule has 0 radical (unpaired) electrons. The molecule has 5 heteroatoms. The number of nitrogens with zero attached hydrogens (tertiary/aromatic N) is 1. The van der Waals surface area contributed by atoms with E-state index < -0.39 is 0 Å². The lowest BCUT2D eigenvalue weighted by molar-refractivity contribution is -0.183. The summed E-state index contributed by atoms with van der Waals surface area (Å²) in [4.78, 5) is 18.2. The molecule has 5 nitrogen and oxygen atoms in total. The van der Waals surface area contributed by atoms with Gasteiger partial charge in [0, 0.05) is 6.42 Å². The van der Waals surface area contributed by atoms with E-state index in [9.17, 15) is 15.0 Å². The summed E-state index contributed by atoms with van der Waals surface area (Å²) in [6, 6.07) is 0. The molecule has 0 spiro atoms. The van der Waals surface area contributed by atoms with E-state index in [4.69, 9.17) is 4.84 Å². The maximum absolute atomic E-state index is 12.7. The lowest BCUT2D eigenvalue weighted by Crippen LogP contribution is -2.50. The van der Waals surface area contributed by atoms with E-state index in [-0.39, 0.29) is 24.7 Å². The van der Waals surface area contributed by atoms with Gasteiger partial charge in [-0.05, 0) is 105 Å². The minimum absolute atomic E-state index is 0.0134. The topological polar surface area (TPSA) is 70.0 Å². The van der Waals surface area contributed by atoms with Crippen molar-refractivity contribution in [1.29, 1.82) is 0 Å². The molecule has 2 N–H and O–H groups in total. The molecule has 1 saturated heterocycles. The Morgan fingerprint density at radius 3 is 2.76 bits per heavy atom. The first-order valence-electron chi connectivity index (χ1n) is 13.7. The summed E-state index contributed by atoms with van der Waals surface area (Å²) >= 11 is 0.